The molecule has 0 amide bonds. The molecule has 0 spiro atoms. The van der Waals surface area contributed by atoms with Crippen LogP contribution in [0.15, 0.2) is 0 Å². The number of aliphatic carboxylic acids is 1. The Kier molecular flexibility index (Phi) is 3.85. The fourth-order valence-corrected chi connectivity index (χ4v) is 3.05. The van der Waals surface area contributed by atoms with Crippen molar-refractivity contribution in [2.75, 3.05) is 5.32 Å². The molecule has 1 aromatic heterocycles. The van der Waals surface area contributed by atoms with Crippen LogP contribution in [0.4, 0.5) is 5.13 Å². The Hall–Kier alpha value is -1.17. The molecule has 0 atom stereocenters. The number of hydrogen-bond acceptors (Lipinski definition) is 5. The first-order valence-corrected chi connectivity index (χ1v) is 7.17. The summed E-state index contributed by atoms with van der Waals surface area (Å²) in [6, 6.07) is 0. The maximum atomic E-state index is 11.6. The van der Waals surface area contributed by atoms with E-state index in [1.165, 1.54) is 11.5 Å². The Morgan fingerprint density at radius 3 is 2.72 bits per heavy atom. The third-order valence-corrected chi connectivity index (χ3v) is 4.34. The first kappa shape index (κ1) is 13.3. The van der Waals surface area contributed by atoms with Gasteiger partial charge in [-0.05, 0) is 31.6 Å². The van der Waals surface area contributed by atoms with Crippen molar-refractivity contribution < 1.29 is 9.90 Å². The van der Waals surface area contributed by atoms with E-state index in [-0.39, 0.29) is 0 Å². The molecule has 0 radical (unpaired) electrons. The van der Waals surface area contributed by atoms with Gasteiger partial charge >= 0.3 is 5.97 Å². The third kappa shape index (κ3) is 2.63. The van der Waals surface area contributed by atoms with Crippen molar-refractivity contribution in [3.05, 3.63) is 5.82 Å². The van der Waals surface area contributed by atoms with Gasteiger partial charge in [0.25, 0.3) is 0 Å². The lowest BCUT2D eigenvalue weighted by molar-refractivity contribution is -0.143. The number of nitrogens with zero attached hydrogens (tertiary/aromatic N) is 2. The molecule has 1 aliphatic carbocycles. The van der Waals surface area contributed by atoms with Crippen molar-refractivity contribution in [1.29, 1.82) is 0 Å². The molecule has 6 heteroatoms. The lowest BCUT2D eigenvalue weighted by Crippen LogP contribution is -2.48. The van der Waals surface area contributed by atoms with Gasteiger partial charge in [0.1, 0.15) is 11.4 Å². The normalized spacial score (nSPS) is 28.0. The zero-order valence-electron chi connectivity index (χ0n) is 10.8. The number of carboxylic acids is 1. The molecule has 0 unspecified atom stereocenters. The quantitative estimate of drug-likeness (QED) is 0.878. The molecule has 0 saturated heterocycles. The molecule has 2 rings (SSSR count). The molecule has 18 heavy (non-hydrogen) atoms. The van der Waals surface area contributed by atoms with Crippen molar-refractivity contribution in [1.82, 2.24) is 9.36 Å². The number of aryl methyl sites for hydroxylation is 1. The van der Waals surface area contributed by atoms with Gasteiger partial charge in [-0.3, -0.25) is 0 Å². The maximum Gasteiger partial charge on any atom is 0.329 e. The summed E-state index contributed by atoms with van der Waals surface area (Å²) >= 11 is 1.25. The minimum atomic E-state index is -0.850. The number of rotatable bonds is 4. The van der Waals surface area contributed by atoms with Crippen LogP contribution in [0, 0.1) is 5.92 Å². The van der Waals surface area contributed by atoms with Gasteiger partial charge < -0.3 is 10.4 Å². The number of nitrogens with one attached hydrogen (secondary N) is 1. The summed E-state index contributed by atoms with van der Waals surface area (Å²) in [4.78, 5) is 15.9. The fraction of sp³-hybridized carbons (Fsp3) is 0.750. The topological polar surface area (TPSA) is 75.1 Å². The van der Waals surface area contributed by atoms with Crippen LogP contribution in [-0.2, 0) is 11.2 Å². The number of carboxylic acid groups (broad SMARTS) is 1. The van der Waals surface area contributed by atoms with E-state index in [2.05, 4.69) is 21.6 Å². The Labute approximate surface area is 111 Å². The summed E-state index contributed by atoms with van der Waals surface area (Å²) < 4.78 is 4.18. The number of aromatic nitrogens is 2. The average Bonchev–Trinajstić information content (AvgIpc) is 2.79. The largest absolute Gasteiger partial charge is 0.480 e. The van der Waals surface area contributed by atoms with Crippen LogP contribution in [0.1, 0.15) is 45.4 Å². The van der Waals surface area contributed by atoms with Gasteiger partial charge in [0.05, 0.1) is 0 Å². The van der Waals surface area contributed by atoms with Crippen LogP contribution in [0.2, 0.25) is 0 Å². The van der Waals surface area contributed by atoms with E-state index in [1.54, 1.807) is 0 Å². The Morgan fingerprint density at radius 1 is 1.56 bits per heavy atom. The lowest BCUT2D eigenvalue weighted by Gasteiger charge is -2.36. The summed E-state index contributed by atoms with van der Waals surface area (Å²) in [5, 5.41) is 13.2. The summed E-state index contributed by atoms with van der Waals surface area (Å²) in [7, 11) is 0. The molecule has 0 bridgehead atoms. The average molecular weight is 269 g/mol. The second kappa shape index (κ2) is 5.22. The first-order valence-electron chi connectivity index (χ1n) is 6.40. The SMILES string of the molecule is CCc1nsc(NC2(C(=O)O)CCC(C)CC2)n1. The lowest BCUT2D eigenvalue weighted by atomic mass is 9.77. The molecule has 1 saturated carbocycles. The zero-order chi connectivity index (χ0) is 13.2. The third-order valence-electron chi connectivity index (χ3n) is 3.67. The van der Waals surface area contributed by atoms with Crippen molar-refractivity contribution in [2.45, 2.75) is 51.5 Å². The highest BCUT2D eigenvalue weighted by atomic mass is 32.1. The minimum absolute atomic E-state index is 0.611. The Balaban J connectivity index is 2.13. The van der Waals surface area contributed by atoms with Crippen LogP contribution < -0.4 is 5.32 Å². The van der Waals surface area contributed by atoms with Gasteiger partial charge in [-0.1, -0.05) is 13.8 Å². The molecule has 1 heterocycles. The van der Waals surface area contributed by atoms with Crippen LogP contribution >= 0.6 is 11.5 Å². The highest BCUT2D eigenvalue weighted by Crippen LogP contribution is 2.35. The van der Waals surface area contributed by atoms with E-state index >= 15 is 0 Å². The Morgan fingerprint density at radius 2 is 2.22 bits per heavy atom. The zero-order valence-corrected chi connectivity index (χ0v) is 11.6. The van der Waals surface area contributed by atoms with Crippen LogP contribution in [0.3, 0.4) is 0 Å². The Bertz CT molecular complexity index is 425. The van der Waals surface area contributed by atoms with E-state index in [0.717, 1.165) is 25.1 Å². The number of hydrogen-bond donors (Lipinski definition) is 2. The van der Waals surface area contributed by atoms with Gasteiger partial charge in [0.15, 0.2) is 0 Å². The van der Waals surface area contributed by atoms with Crippen molar-refractivity contribution in [2.24, 2.45) is 5.92 Å². The summed E-state index contributed by atoms with van der Waals surface area (Å²) in [6.07, 6.45) is 3.97. The van der Waals surface area contributed by atoms with E-state index in [0.29, 0.717) is 23.9 Å². The second-order valence-electron chi connectivity index (χ2n) is 5.06. The summed E-state index contributed by atoms with van der Waals surface area (Å²) in [5.74, 6) is 0.606. The van der Waals surface area contributed by atoms with Crippen LogP contribution in [0.5, 0.6) is 0 Å². The van der Waals surface area contributed by atoms with Gasteiger partial charge in [0, 0.05) is 18.0 Å². The number of anilines is 1. The molecular formula is C12H19N3O2S. The van der Waals surface area contributed by atoms with E-state index in [4.69, 9.17) is 0 Å². The molecule has 0 aliphatic heterocycles. The van der Waals surface area contributed by atoms with Crippen LogP contribution in [0.25, 0.3) is 0 Å². The molecule has 100 valence electrons. The highest BCUT2D eigenvalue weighted by molar-refractivity contribution is 7.09. The number of carbonyl (C=O) groups is 1. The first-order chi connectivity index (χ1) is 8.55. The van der Waals surface area contributed by atoms with Crippen molar-refractivity contribution in [3.63, 3.8) is 0 Å². The predicted octanol–water partition coefficient (Wildman–Crippen LogP) is 2.55. The molecular weight excluding hydrogens is 250 g/mol. The van der Waals surface area contributed by atoms with Crippen LogP contribution in [-0.4, -0.2) is 26.0 Å². The van der Waals surface area contributed by atoms with Crippen molar-refractivity contribution >= 4 is 22.6 Å². The molecule has 5 nitrogen and oxygen atoms in total. The summed E-state index contributed by atoms with van der Waals surface area (Å²) in [6.45, 7) is 4.16. The molecule has 0 aromatic carbocycles. The smallest absolute Gasteiger partial charge is 0.329 e. The van der Waals surface area contributed by atoms with Crippen molar-refractivity contribution in [3.8, 4) is 0 Å². The second-order valence-corrected chi connectivity index (χ2v) is 5.82. The van der Waals surface area contributed by atoms with Gasteiger partial charge in [-0.2, -0.15) is 4.37 Å². The minimum Gasteiger partial charge on any atom is -0.480 e. The highest BCUT2D eigenvalue weighted by Gasteiger charge is 2.41. The van der Waals surface area contributed by atoms with Gasteiger partial charge in [-0.15, -0.1) is 0 Å². The summed E-state index contributed by atoms with van der Waals surface area (Å²) in [5.41, 5.74) is -0.850. The molecule has 1 fully saturated rings. The fourth-order valence-electron chi connectivity index (χ4n) is 2.30. The molecule has 1 aromatic rings. The van der Waals surface area contributed by atoms with E-state index < -0.39 is 11.5 Å². The maximum absolute atomic E-state index is 11.6. The van der Waals surface area contributed by atoms with Gasteiger partial charge in [-0.25, -0.2) is 9.78 Å². The van der Waals surface area contributed by atoms with Gasteiger partial charge in [0.2, 0.25) is 5.13 Å². The predicted molar refractivity (Wildman–Crippen MR) is 70.9 cm³/mol. The molecule has 1 aliphatic rings. The van der Waals surface area contributed by atoms with E-state index in [9.17, 15) is 9.90 Å². The standard InChI is InChI=1S/C12H19N3O2S/c1-3-9-13-11(18-15-9)14-12(10(16)17)6-4-8(2)5-7-12/h8H,3-7H2,1-2H3,(H,16,17)(H,13,14,15). The molecule has 2 N–H and O–H groups in total. The van der Waals surface area contributed by atoms with E-state index in [1.807, 2.05) is 6.92 Å². The monoisotopic (exact) mass is 269 g/mol.